The van der Waals surface area contributed by atoms with Crippen molar-refractivity contribution >= 4 is 40.3 Å². The van der Waals surface area contributed by atoms with Crippen LogP contribution in [0.5, 0.6) is 0 Å². The highest BCUT2D eigenvalue weighted by Crippen LogP contribution is 2.42. The molecular formula is C15H20Cl2OS. The zero-order valence-corrected chi connectivity index (χ0v) is 14.0. The Balaban J connectivity index is 2.02. The van der Waals surface area contributed by atoms with Crippen molar-refractivity contribution in [1.82, 2.24) is 0 Å². The summed E-state index contributed by atoms with van der Waals surface area (Å²) >= 11 is 13.3. The van der Waals surface area contributed by atoms with E-state index in [4.69, 9.17) is 23.2 Å². The molecule has 106 valence electrons. The molecule has 1 saturated carbocycles. The van der Waals surface area contributed by atoms with Crippen molar-refractivity contribution in [3.8, 4) is 0 Å². The Kier molecular flexibility index (Phi) is 4.64. The Hall–Kier alpha value is -0.0500. The maximum atomic E-state index is 12.5. The van der Waals surface area contributed by atoms with Gasteiger partial charge < -0.3 is 0 Å². The molecule has 0 atom stereocenters. The lowest BCUT2D eigenvalue weighted by atomic mass is 9.69. The average molecular weight is 319 g/mol. The summed E-state index contributed by atoms with van der Waals surface area (Å²) in [5, 5.41) is 0. The predicted octanol–water partition coefficient (Wildman–Crippen LogP) is 6.09. The highest BCUT2D eigenvalue weighted by Gasteiger charge is 2.33. The van der Waals surface area contributed by atoms with Crippen molar-refractivity contribution in [3.05, 3.63) is 20.3 Å². The highest BCUT2D eigenvalue weighted by atomic mass is 35.5. The second-order valence-electron chi connectivity index (χ2n) is 6.52. The number of halogens is 2. The number of hydrogen-bond donors (Lipinski definition) is 0. The van der Waals surface area contributed by atoms with E-state index in [2.05, 4.69) is 20.8 Å². The second-order valence-corrected chi connectivity index (χ2v) is 8.80. The van der Waals surface area contributed by atoms with E-state index in [1.54, 1.807) is 6.07 Å². The average Bonchev–Trinajstić information content (AvgIpc) is 2.66. The fourth-order valence-electron chi connectivity index (χ4n) is 2.95. The topological polar surface area (TPSA) is 17.1 Å². The summed E-state index contributed by atoms with van der Waals surface area (Å²) in [6.45, 7) is 6.86. The maximum Gasteiger partial charge on any atom is 0.168 e. The highest BCUT2D eigenvalue weighted by molar-refractivity contribution is 7.20. The van der Waals surface area contributed by atoms with Crippen molar-refractivity contribution in [2.45, 2.75) is 46.5 Å². The van der Waals surface area contributed by atoms with Gasteiger partial charge in [0.15, 0.2) is 5.78 Å². The van der Waals surface area contributed by atoms with E-state index in [0.29, 0.717) is 19.7 Å². The van der Waals surface area contributed by atoms with Gasteiger partial charge in [-0.25, -0.2) is 0 Å². The van der Waals surface area contributed by atoms with Crippen LogP contribution in [0.4, 0.5) is 0 Å². The Morgan fingerprint density at radius 3 is 2.21 bits per heavy atom. The van der Waals surface area contributed by atoms with Gasteiger partial charge in [0, 0.05) is 11.5 Å². The smallest absolute Gasteiger partial charge is 0.168 e. The minimum absolute atomic E-state index is 0.127. The molecule has 0 amide bonds. The van der Waals surface area contributed by atoms with Gasteiger partial charge in [0.2, 0.25) is 0 Å². The Bertz CT molecular complexity index is 465. The summed E-state index contributed by atoms with van der Waals surface area (Å²) in [6.07, 6.45) is 4.22. The first-order valence-corrected chi connectivity index (χ1v) is 8.35. The number of thiophene rings is 1. The van der Waals surface area contributed by atoms with Crippen LogP contribution in [-0.2, 0) is 0 Å². The molecule has 0 saturated heterocycles. The fraction of sp³-hybridized carbons (Fsp3) is 0.667. The molecule has 0 aromatic carbocycles. The summed E-state index contributed by atoms with van der Waals surface area (Å²) in [6, 6.07) is 1.72. The molecule has 1 heterocycles. The molecule has 1 nitrogen and oxygen atoms in total. The molecule has 0 bridgehead atoms. The summed E-state index contributed by atoms with van der Waals surface area (Å²) in [5.74, 6) is 1.03. The van der Waals surface area contributed by atoms with Crippen LogP contribution >= 0.6 is 34.5 Å². The molecule has 0 spiro atoms. The number of rotatable bonds is 2. The largest absolute Gasteiger partial charge is 0.294 e. The standard InChI is InChI=1S/C15H20Cl2OS/c1-15(2,3)10-6-4-9(5-7-10)13(18)11-8-12(16)19-14(11)17/h8-10H,4-7H2,1-3H3. The predicted molar refractivity (Wildman–Crippen MR) is 83.6 cm³/mol. The molecule has 1 aliphatic carbocycles. The molecule has 1 aliphatic rings. The number of carbonyl (C=O) groups excluding carboxylic acids is 1. The lowest BCUT2D eigenvalue weighted by molar-refractivity contribution is 0.0820. The summed E-state index contributed by atoms with van der Waals surface area (Å²) in [5.41, 5.74) is 0.966. The van der Waals surface area contributed by atoms with E-state index < -0.39 is 0 Å². The molecule has 0 aliphatic heterocycles. The minimum atomic E-state index is 0.127. The number of hydrogen-bond acceptors (Lipinski definition) is 2. The van der Waals surface area contributed by atoms with Gasteiger partial charge in [-0.3, -0.25) is 4.79 Å². The van der Waals surface area contributed by atoms with E-state index in [9.17, 15) is 4.79 Å². The van der Waals surface area contributed by atoms with Gasteiger partial charge in [-0.2, -0.15) is 0 Å². The third-order valence-corrected chi connectivity index (χ3v) is 5.73. The molecule has 0 N–H and O–H groups in total. The number of Topliss-reactive ketones (excluding diaryl/α,β-unsaturated/α-hetero) is 1. The molecule has 1 fully saturated rings. The van der Waals surface area contributed by atoms with Crippen molar-refractivity contribution in [1.29, 1.82) is 0 Å². The van der Waals surface area contributed by atoms with E-state index in [-0.39, 0.29) is 11.7 Å². The molecule has 0 unspecified atom stereocenters. The first kappa shape index (κ1) is 15.3. The maximum absolute atomic E-state index is 12.5. The van der Waals surface area contributed by atoms with Gasteiger partial charge in [0.25, 0.3) is 0 Å². The van der Waals surface area contributed by atoms with Crippen LogP contribution in [-0.4, -0.2) is 5.78 Å². The van der Waals surface area contributed by atoms with E-state index in [1.807, 2.05) is 0 Å². The van der Waals surface area contributed by atoms with Crippen molar-refractivity contribution in [3.63, 3.8) is 0 Å². The van der Waals surface area contributed by atoms with Crippen LogP contribution in [0, 0.1) is 17.3 Å². The van der Waals surface area contributed by atoms with E-state index >= 15 is 0 Å². The minimum Gasteiger partial charge on any atom is -0.294 e. The number of carbonyl (C=O) groups is 1. The lowest BCUT2D eigenvalue weighted by Gasteiger charge is -2.36. The van der Waals surface area contributed by atoms with Gasteiger partial charge >= 0.3 is 0 Å². The van der Waals surface area contributed by atoms with Crippen LogP contribution in [0.25, 0.3) is 0 Å². The quantitative estimate of drug-likeness (QED) is 0.603. The van der Waals surface area contributed by atoms with Crippen LogP contribution in [0.15, 0.2) is 6.07 Å². The van der Waals surface area contributed by atoms with Crippen LogP contribution < -0.4 is 0 Å². The zero-order chi connectivity index (χ0) is 14.2. The summed E-state index contributed by atoms with van der Waals surface area (Å²) in [7, 11) is 0. The Morgan fingerprint density at radius 2 is 1.79 bits per heavy atom. The summed E-state index contributed by atoms with van der Waals surface area (Å²) < 4.78 is 1.13. The SMILES string of the molecule is CC(C)(C)C1CCC(C(=O)c2cc(Cl)sc2Cl)CC1. The summed E-state index contributed by atoms with van der Waals surface area (Å²) in [4.78, 5) is 12.5. The Labute approximate surface area is 129 Å². The fourth-order valence-corrected chi connectivity index (χ4v) is 4.42. The monoisotopic (exact) mass is 318 g/mol. The Morgan fingerprint density at radius 1 is 1.21 bits per heavy atom. The van der Waals surface area contributed by atoms with Gasteiger partial charge in [-0.15, -0.1) is 11.3 Å². The lowest BCUT2D eigenvalue weighted by Crippen LogP contribution is -2.28. The number of ketones is 1. The van der Waals surface area contributed by atoms with Crippen molar-refractivity contribution in [2.24, 2.45) is 17.3 Å². The van der Waals surface area contributed by atoms with Crippen molar-refractivity contribution in [2.75, 3.05) is 0 Å². The molecule has 4 heteroatoms. The first-order valence-electron chi connectivity index (χ1n) is 6.78. The van der Waals surface area contributed by atoms with Crippen molar-refractivity contribution < 1.29 is 4.79 Å². The van der Waals surface area contributed by atoms with E-state index in [1.165, 1.54) is 11.3 Å². The second kappa shape index (κ2) is 5.75. The molecule has 19 heavy (non-hydrogen) atoms. The third-order valence-electron chi connectivity index (χ3n) is 4.24. The third kappa shape index (κ3) is 3.53. The zero-order valence-electron chi connectivity index (χ0n) is 11.6. The molecule has 0 radical (unpaired) electrons. The first-order chi connectivity index (χ1) is 8.79. The molecular weight excluding hydrogens is 299 g/mol. The van der Waals surface area contributed by atoms with Gasteiger partial charge in [0.05, 0.1) is 4.34 Å². The van der Waals surface area contributed by atoms with Crippen LogP contribution in [0.2, 0.25) is 8.67 Å². The van der Waals surface area contributed by atoms with Gasteiger partial charge in [0.1, 0.15) is 4.34 Å². The van der Waals surface area contributed by atoms with Crippen LogP contribution in [0.3, 0.4) is 0 Å². The molecule has 2 rings (SSSR count). The van der Waals surface area contributed by atoms with Crippen LogP contribution in [0.1, 0.15) is 56.8 Å². The van der Waals surface area contributed by atoms with Gasteiger partial charge in [-0.1, -0.05) is 44.0 Å². The molecule has 1 aromatic heterocycles. The molecule has 1 aromatic rings. The van der Waals surface area contributed by atoms with E-state index in [0.717, 1.165) is 31.6 Å². The van der Waals surface area contributed by atoms with Gasteiger partial charge in [-0.05, 0) is 43.1 Å². The normalized spacial score (nSPS) is 24.5.